The van der Waals surface area contributed by atoms with Crippen LogP contribution in [0.3, 0.4) is 0 Å². The van der Waals surface area contributed by atoms with Crippen LogP contribution in [0.2, 0.25) is 0 Å². The Morgan fingerprint density at radius 3 is 2.60 bits per heavy atom. The van der Waals surface area contributed by atoms with Gasteiger partial charge in [0.25, 0.3) is 0 Å². The fourth-order valence-electron chi connectivity index (χ4n) is 5.72. The van der Waals surface area contributed by atoms with Crippen LogP contribution in [0.5, 0.6) is 0 Å². The number of hydrogen-bond donors (Lipinski definition) is 0. The van der Waals surface area contributed by atoms with E-state index in [-0.39, 0.29) is 0 Å². The maximum absolute atomic E-state index is 13.3. The third kappa shape index (κ3) is 7.75. The lowest BCUT2D eigenvalue weighted by Gasteiger charge is -2.40. The van der Waals surface area contributed by atoms with Gasteiger partial charge in [-0.05, 0) is 62.8 Å². The fraction of sp³-hybridized carbons (Fsp3) is 0.516. The second-order valence-corrected chi connectivity index (χ2v) is 11.6. The normalized spacial score (nSPS) is 26.0. The maximum atomic E-state index is 13.3. The van der Waals surface area contributed by atoms with Crippen molar-refractivity contribution >= 4 is 16.9 Å². The molecule has 40 heavy (non-hydrogen) atoms. The number of piperidine rings is 1. The van der Waals surface area contributed by atoms with Crippen LogP contribution < -0.4 is 0 Å². The lowest BCUT2D eigenvalue weighted by Crippen LogP contribution is -2.48. The van der Waals surface area contributed by atoms with Gasteiger partial charge < -0.3 is 19.4 Å². The van der Waals surface area contributed by atoms with Gasteiger partial charge in [0.15, 0.2) is 10.9 Å². The largest absolute Gasteiger partial charge is 0.463 e. The average molecular weight is 577 g/mol. The number of likely N-dealkylation sites (N-methyl/N-ethyl adjacent to an activating group) is 1. The first-order valence-electron chi connectivity index (χ1n) is 13.8. The molecule has 4 unspecified atom stereocenters. The highest BCUT2D eigenvalue weighted by atomic mass is 32.2. The van der Waals surface area contributed by atoms with Crippen LogP contribution in [0.1, 0.15) is 33.1 Å². The lowest BCUT2D eigenvalue weighted by atomic mass is 9.87. The molecule has 0 amide bonds. The van der Waals surface area contributed by atoms with E-state index in [2.05, 4.69) is 41.1 Å². The number of hydrogen-bond acceptors (Lipinski definition) is 5. The third-order valence-electron chi connectivity index (χ3n) is 8.00. The first-order valence-corrected chi connectivity index (χ1v) is 14.8. The number of thioether (sulfide) groups is 1. The zero-order valence-corrected chi connectivity index (χ0v) is 24.8. The van der Waals surface area contributed by atoms with Crippen molar-refractivity contribution in [3.05, 3.63) is 85.8 Å². The van der Waals surface area contributed by atoms with Gasteiger partial charge in [-0.2, -0.15) is 13.2 Å². The summed E-state index contributed by atoms with van der Waals surface area (Å²) in [4.78, 5) is 11.2. The second kappa shape index (κ2) is 14.3. The highest BCUT2D eigenvalue weighted by Gasteiger charge is 2.44. The van der Waals surface area contributed by atoms with Crippen LogP contribution in [0, 0.1) is 17.8 Å². The minimum atomic E-state index is -4.20. The summed E-state index contributed by atoms with van der Waals surface area (Å²) >= 11 is 1.64. The van der Waals surface area contributed by atoms with Crippen molar-refractivity contribution in [2.24, 2.45) is 22.7 Å². The second-order valence-electron chi connectivity index (χ2n) is 10.6. The maximum Gasteiger partial charge on any atom is 0.395 e. The van der Waals surface area contributed by atoms with Gasteiger partial charge in [0.2, 0.25) is 0 Å². The number of fused-ring (bicyclic) bond motifs is 1. The Bertz CT molecular complexity index is 1080. The summed E-state index contributed by atoms with van der Waals surface area (Å²) in [5.74, 6) is 0.0987. The number of likely N-dealkylation sites (tertiary alicyclic amines) is 2. The summed E-state index contributed by atoms with van der Waals surface area (Å²) in [7, 11) is 1.89. The monoisotopic (exact) mass is 576 g/mol. The molecule has 0 aromatic rings. The molecule has 9 heteroatoms. The molecule has 5 nitrogen and oxygen atoms in total. The number of rotatable bonds is 11. The van der Waals surface area contributed by atoms with Gasteiger partial charge in [0, 0.05) is 43.8 Å². The third-order valence-corrected chi connectivity index (χ3v) is 9.13. The molecule has 0 spiro atoms. The van der Waals surface area contributed by atoms with Gasteiger partial charge in [0.1, 0.15) is 0 Å². The van der Waals surface area contributed by atoms with Crippen LogP contribution in [0.25, 0.3) is 0 Å². The van der Waals surface area contributed by atoms with Crippen molar-refractivity contribution in [1.82, 2.24) is 14.7 Å². The predicted molar refractivity (Wildman–Crippen MR) is 161 cm³/mol. The van der Waals surface area contributed by atoms with E-state index in [1.165, 1.54) is 18.5 Å². The van der Waals surface area contributed by atoms with Gasteiger partial charge in [-0.15, -0.1) is 0 Å². The Kier molecular flexibility index (Phi) is 11.4. The van der Waals surface area contributed by atoms with E-state index in [4.69, 9.17) is 4.74 Å². The molecule has 0 saturated carbocycles. The fourth-order valence-corrected chi connectivity index (χ4v) is 6.63. The Hall–Kier alpha value is -2.65. The van der Waals surface area contributed by atoms with Crippen molar-refractivity contribution in [2.45, 2.75) is 45.3 Å². The number of halogens is 3. The molecule has 3 aliphatic rings. The molecule has 0 bridgehead atoms. The summed E-state index contributed by atoms with van der Waals surface area (Å²) in [5, 5.41) is 0.769. The quantitative estimate of drug-likeness (QED) is 0.0845. The summed E-state index contributed by atoms with van der Waals surface area (Å²) in [6.45, 7) is 22.9. The zero-order chi connectivity index (χ0) is 29.4. The first kappa shape index (κ1) is 31.9. The molecule has 2 fully saturated rings. The van der Waals surface area contributed by atoms with E-state index in [0.29, 0.717) is 23.4 Å². The molecule has 2 heterocycles. The van der Waals surface area contributed by atoms with E-state index in [1.807, 2.05) is 24.9 Å². The molecular formula is C31H43F3N4OS. The Morgan fingerprint density at radius 2 is 1.98 bits per heavy atom. The highest BCUT2D eigenvalue weighted by molar-refractivity contribution is 8.13. The first-order chi connectivity index (χ1) is 19.0. The van der Waals surface area contributed by atoms with Crippen LogP contribution >= 0.6 is 11.8 Å². The minimum Gasteiger partial charge on any atom is -0.463 e. The molecule has 2 saturated heterocycles. The van der Waals surface area contributed by atoms with Crippen molar-refractivity contribution in [3.63, 3.8) is 0 Å². The summed E-state index contributed by atoms with van der Waals surface area (Å²) in [6.07, 6.45) is 8.46. The topological polar surface area (TPSA) is 31.3 Å². The van der Waals surface area contributed by atoms with Crippen LogP contribution in [0.4, 0.5) is 13.2 Å². The Balaban J connectivity index is 1.54. The number of allylic oxidation sites excluding steroid dienone is 5. The van der Waals surface area contributed by atoms with E-state index in [1.54, 1.807) is 30.8 Å². The van der Waals surface area contributed by atoms with Crippen LogP contribution in [-0.2, 0) is 4.74 Å². The number of amidine groups is 1. The van der Waals surface area contributed by atoms with Gasteiger partial charge in [-0.1, -0.05) is 63.2 Å². The average Bonchev–Trinajstić information content (AvgIpc) is 3.34. The van der Waals surface area contributed by atoms with E-state index in [0.717, 1.165) is 67.6 Å². The molecule has 0 radical (unpaired) electrons. The molecule has 220 valence electrons. The van der Waals surface area contributed by atoms with Crippen LogP contribution in [0.15, 0.2) is 90.8 Å². The number of ether oxygens (including phenoxy) is 1. The van der Waals surface area contributed by atoms with Crippen molar-refractivity contribution < 1.29 is 17.9 Å². The highest BCUT2D eigenvalue weighted by Crippen LogP contribution is 2.40. The molecule has 3 rings (SSSR count). The van der Waals surface area contributed by atoms with E-state index < -0.39 is 18.0 Å². The number of nitrogens with zero attached hydrogens (tertiary/aromatic N) is 4. The molecular weight excluding hydrogens is 533 g/mol. The lowest BCUT2D eigenvalue weighted by molar-refractivity contribution is -0.169. The van der Waals surface area contributed by atoms with Gasteiger partial charge in [-0.3, -0.25) is 0 Å². The van der Waals surface area contributed by atoms with Crippen LogP contribution in [-0.4, -0.2) is 71.1 Å². The van der Waals surface area contributed by atoms with Gasteiger partial charge in [-0.25, -0.2) is 4.99 Å². The predicted octanol–water partition coefficient (Wildman–Crippen LogP) is 7.34. The summed E-state index contributed by atoms with van der Waals surface area (Å²) in [5.41, 5.74) is 2.45. The molecule has 0 aromatic heterocycles. The molecule has 4 atom stereocenters. The standard InChI is InChI=1S/C31H43F3N4OS/c1-8-22(4)29(39-10-3)24(6)36(7)30(35-9-2)40-19-11-16-37-17-14-25-15-18-38(28(25)21-37)26-12-13-27(23(5)20-26)31(32,33)34/h8-10,12-13,20,23,25,27-28H,1-3,6,11,14-19,21H2,4-5,7H3/b29-22-,35-30?. The van der Waals surface area contributed by atoms with Crippen molar-refractivity contribution in [1.29, 1.82) is 0 Å². The number of aliphatic imine (C=N–C) groups is 1. The number of alkyl halides is 3. The molecule has 0 aromatic carbocycles. The summed E-state index contributed by atoms with van der Waals surface area (Å²) in [6, 6.07) is 0.349. The minimum absolute atomic E-state index is 0.349. The van der Waals surface area contributed by atoms with Crippen molar-refractivity contribution in [3.8, 4) is 0 Å². The molecule has 0 N–H and O–H groups in total. The SMILES string of the molecule is C=CN=C(SCCCN1CCC2CCN(C3=CC(C)C(C(F)(F)F)C=C3)C2C1)N(C)C(=C)/C(OC=C)=C(\C)C=C. The van der Waals surface area contributed by atoms with Gasteiger partial charge >= 0.3 is 6.18 Å². The Labute approximate surface area is 242 Å². The molecule has 2 aliphatic heterocycles. The molecule has 1 aliphatic carbocycles. The van der Waals surface area contributed by atoms with E-state index >= 15 is 0 Å². The Morgan fingerprint density at radius 1 is 1.25 bits per heavy atom. The smallest absolute Gasteiger partial charge is 0.395 e. The van der Waals surface area contributed by atoms with E-state index in [9.17, 15) is 13.2 Å². The summed E-state index contributed by atoms with van der Waals surface area (Å²) < 4.78 is 45.5. The zero-order valence-electron chi connectivity index (χ0n) is 24.0. The van der Waals surface area contributed by atoms with Crippen molar-refractivity contribution in [2.75, 3.05) is 39.0 Å². The van der Waals surface area contributed by atoms with Gasteiger partial charge in [0.05, 0.1) is 17.9 Å².